The molecule has 0 spiro atoms. The monoisotopic (exact) mass is 465 g/mol. The van der Waals surface area contributed by atoms with Crippen LogP contribution in [-0.4, -0.2) is 37.0 Å². The number of hydrogen-bond donors (Lipinski definition) is 3. The van der Waals surface area contributed by atoms with Gasteiger partial charge >= 0.3 is 6.18 Å². The standard InChI is InChI=1S/C12H18F3N5OS.HI/c1-3-4-17-9(21)5-18-11(16-2)19-6-10-20-8(7-22-10)12(13,14)15;/h7H,3-6H2,1-2H3,(H,17,21)(H2,16,18,19);1H. The van der Waals surface area contributed by atoms with Crippen molar-refractivity contribution < 1.29 is 18.0 Å². The number of hydrogen-bond acceptors (Lipinski definition) is 4. The van der Waals surface area contributed by atoms with E-state index in [1.165, 1.54) is 7.05 Å². The molecule has 1 rings (SSSR count). The summed E-state index contributed by atoms with van der Waals surface area (Å²) in [6.07, 6.45) is -3.60. The van der Waals surface area contributed by atoms with Crippen molar-refractivity contribution in [2.75, 3.05) is 20.1 Å². The van der Waals surface area contributed by atoms with Crippen LogP contribution in [0.25, 0.3) is 0 Å². The van der Waals surface area contributed by atoms with Gasteiger partial charge in [0.25, 0.3) is 0 Å². The number of rotatable bonds is 6. The molecule has 0 fully saturated rings. The lowest BCUT2D eigenvalue weighted by Gasteiger charge is -2.10. The Labute approximate surface area is 153 Å². The highest BCUT2D eigenvalue weighted by Crippen LogP contribution is 2.29. The van der Waals surface area contributed by atoms with Gasteiger partial charge in [-0.3, -0.25) is 9.79 Å². The highest BCUT2D eigenvalue weighted by Gasteiger charge is 2.33. The Morgan fingerprint density at radius 3 is 2.57 bits per heavy atom. The minimum Gasteiger partial charge on any atom is -0.355 e. The Kier molecular flexibility index (Phi) is 10.1. The van der Waals surface area contributed by atoms with Gasteiger partial charge in [0.1, 0.15) is 5.01 Å². The summed E-state index contributed by atoms with van der Waals surface area (Å²) in [6, 6.07) is 0. The van der Waals surface area contributed by atoms with Gasteiger partial charge in [-0.05, 0) is 6.42 Å². The summed E-state index contributed by atoms with van der Waals surface area (Å²) in [5, 5.41) is 9.50. The van der Waals surface area contributed by atoms with Crippen LogP contribution in [0, 0.1) is 0 Å². The van der Waals surface area contributed by atoms with Crippen LogP contribution in [0.15, 0.2) is 10.4 Å². The van der Waals surface area contributed by atoms with Crippen LogP contribution in [-0.2, 0) is 17.5 Å². The van der Waals surface area contributed by atoms with Crippen molar-refractivity contribution in [3.8, 4) is 0 Å². The Hall–Kier alpha value is -1.11. The number of aromatic nitrogens is 1. The van der Waals surface area contributed by atoms with Gasteiger partial charge in [-0.15, -0.1) is 35.3 Å². The van der Waals surface area contributed by atoms with Crippen LogP contribution in [0.3, 0.4) is 0 Å². The summed E-state index contributed by atoms with van der Waals surface area (Å²) >= 11 is 0.909. The number of nitrogens with zero attached hydrogens (tertiary/aromatic N) is 2. The molecule has 3 N–H and O–H groups in total. The molecule has 0 radical (unpaired) electrons. The number of halogens is 4. The molecule has 1 aromatic heterocycles. The third-order valence-corrected chi connectivity index (χ3v) is 3.31. The lowest BCUT2D eigenvalue weighted by atomic mass is 10.4. The van der Waals surface area contributed by atoms with Crippen LogP contribution in [0.4, 0.5) is 13.2 Å². The van der Waals surface area contributed by atoms with Gasteiger partial charge < -0.3 is 16.0 Å². The van der Waals surface area contributed by atoms with Gasteiger partial charge in [-0.2, -0.15) is 13.2 Å². The largest absolute Gasteiger partial charge is 0.434 e. The maximum absolute atomic E-state index is 12.4. The number of aliphatic imine (C=N–C) groups is 1. The number of amides is 1. The summed E-state index contributed by atoms with van der Waals surface area (Å²) in [5.74, 6) is 0.133. The van der Waals surface area contributed by atoms with Crippen LogP contribution in [0.5, 0.6) is 0 Å². The van der Waals surface area contributed by atoms with Crippen LogP contribution < -0.4 is 16.0 Å². The Balaban J connectivity index is 0.00000484. The maximum Gasteiger partial charge on any atom is 0.434 e. The molecular formula is C12H19F3IN5OS. The highest BCUT2D eigenvalue weighted by molar-refractivity contribution is 14.0. The summed E-state index contributed by atoms with van der Waals surface area (Å²) < 4.78 is 37.3. The van der Waals surface area contributed by atoms with Crippen LogP contribution in [0.2, 0.25) is 0 Å². The molecule has 0 unspecified atom stereocenters. The molecule has 1 heterocycles. The molecule has 6 nitrogen and oxygen atoms in total. The average molecular weight is 465 g/mol. The fourth-order valence-electron chi connectivity index (χ4n) is 1.39. The fraction of sp³-hybridized carbons (Fsp3) is 0.583. The van der Waals surface area contributed by atoms with Crippen LogP contribution in [0.1, 0.15) is 24.0 Å². The first-order chi connectivity index (χ1) is 10.4. The highest BCUT2D eigenvalue weighted by atomic mass is 127. The Bertz CT molecular complexity index is 521. The second-order valence-electron chi connectivity index (χ2n) is 4.25. The number of carbonyl (C=O) groups excluding carboxylic acids is 1. The molecule has 0 aliphatic heterocycles. The third-order valence-electron chi connectivity index (χ3n) is 2.46. The van der Waals surface area contributed by atoms with Crippen molar-refractivity contribution in [1.29, 1.82) is 0 Å². The molecule has 1 aromatic rings. The van der Waals surface area contributed by atoms with Gasteiger partial charge in [-0.1, -0.05) is 6.92 Å². The van der Waals surface area contributed by atoms with E-state index in [0.717, 1.165) is 23.1 Å². The average Bonchev–Trinajstić information content (AvgIpc) is 2.94. The molecule has 0 atom stereocenters. The van der Waals surface area contributed by atoms with E-state index in [4.69, 9.17) is 0 Å². The Morgan fingerprint density at radius 1 is 1.35 bits per heavy atom. The molecule has 0 aliphatic rings. The van der Waals surface area contributed by atoms with E-state index in [-0.39, 0.29) is 48.0 Å². The number of nitrogens with one attached hydrogen (secondary N) is 3. The summed E-state index contributed by atoms with van der Waals surface area (Å²) in [6.45, 7) is 2.66. The third kappa shape index (κ3) is 8.34. The minimum atomic E-state index is -4.44. The van der Waals surface area contributed by atoms with Crippen molar-refractivity contribution in [3.63, 3.8) is 0 Å². The smallest absolute Gasteiger partial charge is 0.355 e. The predicted octanol–water partition coefficient (Wildman–Crippen LogP) is 1.97. The van der Waals surface area contributed by atoms with Gasteiger partial charge in [0.2, 0.25) is 5.91 Å². The first kappa shape index (κ1) is 21.9. The van der Waals surface area contributed by atoms with E-state index in [0.29, 0.717) is 12.5 Å². The van der Waals surface area contributed by atoms with Crippen molar-refractivity contribution in [2.24, 2.45) is 4.99 Å². The molecule has 0 saturated carbocycles. The van der Waals surface area contributed by atoms with Gasteiger partial charge in [-0.25, -0.2) is 4.98 Å². The van der Waals surface area contributed by atoms with Crippen molar-refractivity contribution in [3.05, 3.63) is 16.1 Å². The molecular weight excluding hydrogens is 446 g/mol. The molecule has 1 amide bonds. The lowest BCUT2D eigenvalue weighted by molar-refractivity contribution is -0.140. The molecule has 23 heavy (non-hydrogen) atoms. The zero-order valence-electron chi connectivity index (χ0n) is 12.7. The van der Waals surface area contributed by atoms with Gasteiger partial charge in [0.15, 0.2) is 11.7 Å². The van der Waals surface area contributed by atoms with Crippen LogP contribution >= 0.6 is 35.3 Å². The first-order valence-electron chi connectivity index (χ1n) is 6.59. The van der Waals surface area contributed by atoms with Gasteiger partial charge in [0, 0.05) is 19.0 Å². The SMILES string of the molecule is CCCNC(=O)CNC(=NC)NCc1nc(C(F)(F)F)cs1.I. The molecule has 0 aliphatic carbocycles. The van der Waals surface area contributed by atoms with E-state index < -0.39 is 11.9 Å². The van der Waals surface area contributed by atoms with Crippen molar-refractivity contribution in [2.45, 2.75) is 26.1 Å². The predicted molar refractivity (Wildman–Crippen MR) is 94.0 cm³/mol. The second-order valence-corrected chi connectivity index (χ2v) is 5.20. The Morgan fingerprint density at radius 2 is 2.04 bits per heavy atom. The normalized spacial score (nSPS) is 11.6. The molecule has 0 saturated heterocycles. The van der Waals surface area contributed by atoms with Crippen molar-refractivity contribution in [1.82, 2.24) is 20.9 Å². The molecule has 132 valence electrons. The number of alkyl halides is 3. The number of thiazole rings is 1. The molecule has 0 bridgehead atoms. The number of carbonyl (C=O) groups is 1. The topological polar surface area (TPSA) is 78.4 Å². The van der Waals surface area contributed by atoms with E-state index in [1.807, 2.05) is 6.92 Å². The minimum absolute atomic E-state index is 0. The fourth-order valence-corrected chi connectivity index (χ4v) is 2.13. The first-order valence-corrected chi connectivity index (χ1v) is 7.47. The van der Waals surface area contributed by atoms with E-state index in [2.05, 4.69) is 25.9 Å². The summed E-state index contributed by atoms with van der Waals surface area (Å²) in [5.41, 5.74) is -0.906. The maximum atomic E-state index is 12.4. The number of guanidine groups is 1. The summed E-state index contributed by atoms with van der Waals surface area (Å²) in [4.78, 5) is 18.8. The van der Waals surface area contributed by atoms with Crippen molar-refractivity contribution >= 4 is 47.2 Å². The van der Waals surface area contributed by atoms with Gasteiger partial charge in [0.05, 0.1) is 13.1 Å². The summed E-state index contributed by atoms with van der Waals surface area (Å²) in [7, 11) is 1.50. The van der Waals surface area contributed by atoms with E-state index >= 15 is 0 Å². The zero-order valence-corrected chi connectivity index (χ0v) is 15.8. The lowest BCUT2D eigenvalue weighted by Crippen LogP contribution is -2.43. The molecule has 11 heteroatoms. The van der Waals surface area contributed by atoms with E-state index in [1.54, 1.807) is 0 Å². The quantitative estimate of drug-likeness (QED) is 0.341. The molecule has 0 aromatic carbocycles. The second kappa shape index (κ2) is 10.6. The zero-order chi connectivity index (χ0) is 16.6. The van der Waals surface area contributed by atoms with E-state index in [9.17, 15) is 18.0 Å².